The maximum atomic E-state index is 10.0. The molecule has 1 N–H and O–H groups in total. The van der Waals surface area contributed by atoms with Gasteiger partial charge in [0.25, 0.3) is 0 Å². The number of hydrogen-bond donors (Lipinski definition) is 1. The molecule has 2 aromatic rings. The van der Waals surface area contributed by atoms with Crippen LogP contribution >= 0.6 is 11.3 Å². The molecule has 4 nitrogen and oxygen atoms in total. The van der Waals surface area contributed by atoms with Crippen LogP contribution in [0.3, 0.4) is 0 Å². The highest BCUT2D eigenvalue weighted by molar-refractivity contribution is 7.18. The number of β-amino-alcohol motifs (C(OH)–C–C–N with tert-alkyl or cyclic N) is 1. The number of aliphatic hydroxyl groups is 1. The molecule has 0 saturated carbocycles. The highest BCUT2D eigenvalue weighted by atomic mass is 32.1. The number of nitrogens with zero attached hydrogens (tertiary/aromatic N) is 3. The quantitative estimate of drug-likeness (QED) is 0.857. The summed E-state index contributed by atoms with van der Waals surface area (Å²) in [5.74, 6) is 1.35. The van der Waals surface area contributed by atoms with Crippen molar-refractivity contribution in [2.75, 3.05) is 18.0 Å². The highest BCUT2D eigenvalue weighted by Crippen LogP contribution is 2.31. The van der Waals surface area contributed by atoms with Gasteiger partial charge in [-0.1, -0.05) is 6.92 Å². The molecule has 0 radical (unpaired) electrons. The van der Waals surface area contributed by atoms with Gasteiger partial charge in [0.1, 0.15) is 17.0 Å². The highest BCUT2D eigenvalue weighted by Gasteiger charge is 2.26. The zero-order valence-electron chi connectivity index (χ0n) is 10.6. The Balaban J connectivity index is 1.99. The van der Waals surface area contributed by atoms with Gasteiger partial charge < -0.3 is 10.0 Å². The van der Waals surface area contributed by atoms with Gasteiger partial charge in [-0.15, -0.1) is 11.3 Å². The van der Waals surface area contributed by atoms with Gasteiger partial charge in [0.2, 0.25) is 0 Å². The molecule has 2 atom stereocenters. The Morgan fingerprint density at radius 1 is 1.44 bits per heavy atom. The largest absolute Gasteiger partial charge is 0.391 e. The van der Waals surface area contributed by atoms with E-state index in [1.807, 2.05) is 0 Å². The number of aliphatic hydroxyl groups excluding tert-OH is 1. The van der Waals surface area contributed by atoms with Gasteiger partial charge in [-0.05, 0) is 25.3 Å². The molecule has 3 heterocycles. The summed E-state index contributed by atoms with van der Waals surface area (Å²) >= 11 is 1.69. The molecule has 2 unspecified atom stereocenters. The van der Waals surface area contributed by atoms with Gasteiger partial charge in [0.15, 0.2) is 0 Å². The van der Waals surface area contributed by atoms with E-state index in [9.17, 15) is 5.11 Å². The Labute approximate surface area is 110 Å². The lowest BCUT2D eigenvalue weighted by molar-refractivity contribution is 0.103. The summed E-state index contributed by atoms with van der Waals surface area (Å²) in [5, 5.41) is 11.1. The Hall–Kier alpha value is -1.20. The number of fused-ring (bicyclic) bond motifs is 1. The van der Waals surface area contributed by atoms with E-state index in [1.54, 1.807) is 17.7 Å². The van der Waals surface area contributed by atoms with Gasteiger partial charge in [-0.2, -0.15) is 0 Å². The monoisotopic (exact) mass is 263 g/mol. The summed E-state index contributed by atoms with van der Waals surface area (Å²) in [6, 6.07) is 2.14. The molecule has 0 aromatic carbocycles. The molecule has 5 heteroatoms. The third kappa shape index (κ3) is 1.97. The average Bonchev–Trinajstić information content (AvgIpc) is 2.72. The smallest absolute Gasteiger partial charge is 0.140 e. The first-order chi connectivity index (χ1) is 8.65. The zero-order valence-corrected chi connectivity index (χ0v) is 11.4. The minimum atomic E-state index is -0.261. The summed E-state index contributed by atoms with van der Waals surface area (Å²) in [6.07, 6.45) is 2.37. The van der Waals surface area contributed by atoms with E-state index in [1.165, 1.54) is 4.88 Å². The third-order valence-electron chi connectivity index (χ3n) is 3.65. The number of thiophene rings is 1. The van der Waals surface area contributed by atoms with Crippen molar-refractivity contribution in [3.8, 4) is 0 Å². The second kappa shape index (κ2) is 4.48. The van der Waals surface area contributed by atoms with E-state index < -0.39 is 0 Å². The lowest BCUT2D eigenvalue weighted by atomic mass is 9.96. The van der Waals surface area contributed by atoms with Gasteiger partial charge >= 0.3 is 0 Å². The van der Waals surface area contributed by atoms with Crippen LogP contribution in [-0.2, 0) is 0 Å². The molecular formula is C13H17N3OS. The fourth-order valence-corrected chi connectivity index (χ4v) is 3.30. The van der Waals surface area contributed by atoms with Crippen LogP contribution < -0.4 is 4.90 Å². The van der Waals surface area contributed by atoms with Gasteiger partial charge in [-0.25, -0.2) is 9.97 Å². The Bertz CT molecular complexity index is 568. The number of aromatic nitrogens is 2. The SMILES string of the molecule is Cc1cc2c(N3CCC(C)C(O)C3)ncnc2s1. The van der Waals surface area contributed by atoms with Gasteiger partial charge in [0.05, 0.1) is 11.5 Å². The zero-order chi connectivity index (χ0) is 12.7. The fourth-order valence-electron chi connectivity index (χ4n) is 2.46. The Morgan fingerprint density at radius 3 is 3.06 bits per heavy atom. The number of piperidine rings is 1. The lowest BCUT2D eigenvalue weighted by Gasteiger charge is -2.35. The molecule has 1 aliphatic rings. The van der Waals surface area contributed by atoms with E-state index >= 15 is 0 Å². The maximum absolute atomic E-state index is 10.0. The third-order valence-corrected chi connectivity index (χ3v) is 4.61. The summed E-state index contributed by atoms with van der Waals surface area (Å²) in [5.41, 5.74) is 0. The molecule has 1 fully saturated rings. The predicted molar refractivity (Wildman–Crippen MR) is 74.2 cm³/mol. The van der Waals surface area contributed by atoms with Crippen molar-refractivity contribution in [2.45, 2.75) is 26.4 Å². The fraction of sp³-hybridized carbons (Fsp3) is 0.538. The van der Waals surface area contributed by atoms with Crippen molar-refractivity contribution < 1.29 is 5.11 Å². The summed E-state index contributed by atoms with van der Waals surface area (Å²) in [7, 11) is 0. The van der Waals surface area contributed by atoms with Crippen molar-refractivity contribution in [2.24, 2.45) is 5.92 Å². The number of aryl methyl sites for hydroxylation is 1. The first-order valence-corrected chi connectivity index (χ1v) is 7.11. The topological polar surface area (TPSA) is 49.2 Å². The summed E-state index contributed by atoms with van der Waals surface area (Å²) in [4.78, 5) is 13.2. The molecule has 0 spiro atoms. The first-order valence-electron chi connectivity index (χ1n) is 6.29. The van der Waals surface area contributed by atoms with Gasteiger partial charge in [-0.3, -0.25) is 0 Å². The minimum absolute atomic E-state index is 0.261. The van der Waals surface area contributed by atoms with E-state index in [4.69, 9.17) is 0 Å². The van der Waals surface area contributed by atoms with Crippen LogP contribution in [-0.4, -0.2) is 34.3 Å². The van der Waals surface area contributed by atoms with Crippen molar-refractivity contribution in [3.05, 3.63) is 17.3 Å². The van der Waals surface area contributed by atoms with Gasteiger partial charge in [0, 0.05) is 18.0 Å². The van der Waals surface area contributed by atoms with Crippen LogP contribution in [0.4, 0.5) is 5.82 Å². The number of hydrogen-bond acceptors (Lipinski definition) is 5. The molecule has 0 aliphatic carbocycles. The molecule has 3 rings (SSSR count). The van der Waals surface area contributed by atoms with Crippen LogP contribution in [0.15, 0.2) is 12.4 Å². The van der Waals surface area contributed by atoms with Crippen LogP contribution in [0, 0.1) is 12.8 Å². The molecule has 0 amide bonds. The molecular weight excluding hydrogens is 246 g/mol. The summed E-state index contributed by atoms with van der Waals surface area (Å²) < 4.78 is 0. The van der Waals surface area contributed by atoms with E-state index in [-0.39, 0.29) is 6.10 Å². The Kier molecular flexibility index (Phi) is 2.95. The number of rotatable bonds is 1. The van der Waals surface area contributed by atoms with E-state index in [0.29, 0.717) is 12.5 Å². The number of anilines is 1. The van der Waals surface area contributed by atoms with E-state index in [2.05, 4.69) is 34.8 Å². The van der Waals surface area contributed by atoms with Crippen molar-refractivity contribution in [3.63, 3.8) is 0 Å². The lowest BCUT2D eigenvalue weighted by Crippen LogP contribution is -2.43. The molecule has 96 valence electrons. The summed E-state index contributed by atoms with van der Waals surface area (Å²) in [6.45, 7) is 5.82. The van der Waals surface area contributed by atoms with Crippen LogP contribution in [0.1, 0.15) is 18.2 Å². The minimum Gasteiger partial charge on any atom is -0.391 e. The molecule has 1 saturated heterocycles. The maximum Gasteiger partial charge on any atom is 0.140 e. The van der Waals surface area contributed by atoms with Crippen LogP contribution in [0.25, 0.3) is 10.2 Å². The second-order valence-electron chi connectivity index (χ2n) is 5.05. The average molecular weight is 263 g/mol. The van der Waals surface area contributed by atoms with Crippen LogP contribution in [0.2, 0.25) is 0 Å². The molecule has 2 aromatic heterocycles. The van der Waals surface area contributed by atoms with Crippen molar-refractivity contribution in [1.82, 2.24) is 9.97 Å². The molecule has 0 bridgehead atoms. The molecule has 18 heavy (non-hydrogen) atoms. The van der Waals surface area contributed by atoms with E-state index in [0.717, 1.165) is 29.0 Å². The standard InChI is InChI=1S/C13H17N3OS/c1-8-3-4-16(6-11(8)17)12-10-5-9(2)18-13(10)15-7-14-12/h5,7-8,11,17H,3-4,6H2,1-2H3. The Morgan fingerprint density at radius 2 is 2.28 bits per heavy atom. The molecule has 1 aliphatic heterocycles. The second-order valence-corrected chi connectivity index (χ2v) is 6.29. The van der Waals surface area contributed by atoms with Crippen LogP contribution in [0.5, 0.6) is 0 Å². The normalized spacial score (nSPS) is 24.7. The predicted octanol–water partition coefficient (Wildman–Crippen LogP) is 2.21. The van der Waals surface area contributed by atoms with Crippen molar-refractivity contribution in [1.29, 1.82) is 0 Å². The first kappa shape index (κ1) is 11.9. The van der Waals surface area contributed by atoms with Crippen molar-refractivity contribution >= 4 is 27.4 Å².